The number of halogens is 1. The van der Waals surface area contributed by atoms with Crippen molar-refractivity contribution in [3.63, 3.8) is 0 Å². The average molecular weight is 375 g/mol. The first-order chi connectivity index (χ1) is 11.2. The Bertz CT molecular complexity index is 647. The number of likely N-dealkylation sites (tertiary alicyclic amines) is 1. The van der Waals surface area contributed by atoms with Crippen LogP contribution >= 0.6 is 15.9 Å². The molecule has 1 amide bonds. The number of hydrogen-bond donors (Lipinski definition) is 1. The average Bonchev–Trinajstić information content (AvgIpc) is 2.58. The molecule has 0 spiro atoms. The van der Waals surface area contributed by atoms with Crippen LogP contribution in [0.3, 0.4) is 0 Å². The number of aromatic nitrogens is 2. The van der Waals surface area contributed by atoms with Gasteiger partial charge in [0.2, 0.25) is 5.91 Å². The van der Waals surface area contributed by atoms with Crippen LogP contribution in [0.2, 0.25) is 0 Å². The van der Waals surface area contributed by atoms with E-state index in [4.69, 9.17) is 0 Å². The summed E-state index contributed by atoms with van der Waals surface area (Å²) in [6, 6.07) is 7.70. The Balaban J connectivity index is 1.57. The van der Waals surface area contributed by atoms with Gasteiger partial charge in [-0.25, -0.2) is 4.98 Å². The Morgan fingerprint density at radius 1 is 1.35 bits per heavy atom. The van der Waals surface area contributed by atoms with E-state index in [2.05, 4.69) is 42.2 Å². The van der Waals surface area contributed by atoms with Gasteiger partial charge in [0.25, 0.3) is 0 Å². The first-order valence-electron chi connectivity index (χ1n) is 7.74. The van der Waals surface area contributed by atoms with Crippen LogP contribution < -0.4 is 5.32 Å². The van der Waals surface area contributed by atoms with E-state index >= 15 is 0 Å². The van der Waals surface area contributed by atoms with Crippen LogP contribution in [0.5, 0.6) is 0 Å². The number of pyridine rings is 2. The highest BCUT2D eigenvalue weighted by Crippen LogP contribution is 2.20. The van der Waals surface area contributed by atoms with E-state index in [0.29, 0.717) is 5.82 Å². The van der Waals surface area contributed by atoms with Gasteiger partial charge in [-0.1, -0.05) is 6.07 Å². The van der Waals surface area contributed by atoms with Crippen molar-refractivity contribution in [1.82, 2.24) is 14.9 Å². The molecule has 0 bridgehead atoms. The van der Waals surface area contributed by atoms with E-state index in [0.717, 1.165) is 36.9 Å². The number of piperidine rings is 1. The Hall–Kier alpha value is -1.79. The van der Waals surface area contributed by atoms with Crippen molar-refractivity contribution in [1.29, 1.82) is 0 Å². The molecule has 0 aliphatic carbocycles. The lowest BCUT2D eigenvalue weighted by atomic mass is 9.97. The van der Waals surface area contributed by atoms with Crippen molar-refractivity contribution in [2.75, 3.05) is 18.4 Å². The summed E-state index contributed by atoms with van der Waals surface area (Å²) in [5.74, 6) is 0.657. The summed E-state index contributed by atoms with van der Waals surface area (Å²) in [4.78, 5) is 23.1. The number of carbonyl (C=O) groups is 1. The zero-order valence-corrected chi connectivity index (χ0v) is 14.4. The zero-order valence-electron chi connectivity index (χ0n) is 12.8. The van der Waals surface area contributed by atoms with Gasteiger partial charge in [-0.3, -0.25) is 14.7 Å². The molecule has 3 rings (SSSR count). The lowest BCUT2D eigenvalue weighted by Crippen LogP contribution is -2.40. The molecule has 2 aromatic rings. The third kappa shape index (κ3) is 4.59. The number of carbonyl (C=O) groups excluding carboxylic acids is 1. The third-order valence-electron chi connectivity index (χ3n) is 3.98. The second kappa shape index (κ2) is 7.66. The van der Waals surface area contributed by atoms with Crippen molar-refractivity contribution in [3.8, 4) is 0 Å². The molecular formula is C17H19BrN4O. The maximum Gasteiger partial charge on any atom is 0.229 e. The Kier molecular flexibility index (Phi) is 5.35. The van der Waals surface area contributed by atoms with Crippen LogP contribution in [0.1, 0.15) is 18.4 Å². The molecule has 23 heavy (non-hydrogen) atoms. The molecule has 0 saturated carbocycles. The summed E-state index contributed by atoms with van der Waals surface area (Å²) < 4.78 is 0.899. The number of anilines is 1. The largest absolute Gasteiger partial charge is 0.310 e. The molecular weight excluding hydrogens is 356 g/mol. The number of nitrogens with zero attached hydrogens (tertiary/aromatic N) is 3. The predicted molar refractivity (Wildman–Crippen MR) is 92.8 cm³/mol. The summed E-state index contributed by atoms with van der Waals surface area (Å²) in [6.45, 7) is 2.64. The third-order valence-corrected chi connectivity index (χ3v) is 4.45. The summed E-state index contributed by atoms with van der Waals surface area (Å²) >= 11 is 3.34. The van der Waals surface area contributed by atoms with Crippen LogP contribution in [0.25, 0.3) is 0 Å². The van der Waals surface area contributed by atoms with E-state index in [9.17, 15) is 4.79 Å². The highest BCUT2D eigenvalue weighted by atomic mass is 79.9. The van der Waals surface area contributed by atoms with Crippen molar-refractivity contribution in [3.05, 3.63) is 52.9 Å². The SMILES string of the molecule is O=C(Nc1ccc(Br)cn1)[C@H]1CCCN(Cc2cccnc2)C1. The highest BCUT2D eigenvalue weighted by molar-refractivity contribution is 9.10. The quantitative estimate of drug-likeness (QED) is 0.892. The topological polar surface area (TPSA) is 58.1 Å². The molecule has 1 aliphatic rings. The second-order valence-corrected chi connectivity index (χ2v) is 6.70. The molecule has 2 aromatic heterocycles. The molecule has 0 unspecified atom stereocenters. The molecule has 5 nitrogen and oxygen atoms in total. The second-order valence-electron chi connectivity index (χ2n) is 5.79. The van der Waals surface area contributed by atoms with Gasteiger partial charge >= 0.3 is 0 Å². The molecule has 1 atom stereocenters. The number of nitrogens with one attached hydrogen (secondary N) is 1. The Labute approximate surface area is 144 Å². The number of amides is 1. The van der Waals surface area contributed by atoms with Gasteiger partial charge < -0.3 is 5.32 Å². The van der Waals surface area contributed by atoms with Crippen molar-refractivity contribution < 1.29 is 4.79 Å². The first kappa shape index (κ1) is 16.1. The van der Waals surface area contributed by atoms with Gasteiger partial charge in [0.05, 0.1) is 5.92 Å². The molecule has 120 valence electrons. The normalized spacial score (nSPS) is 18.6. The summed E-state index contributed by atoms with van der Waals surface area (Å²) in [5.41, 5.74) is 1.18. The van der Waals surface area contributed by atoms with E-state index in [-0.39, 0.29) is 11.8 Å². The van der Waals surface area contributed by atoms with E-state index in [1.807, 2.05) is 18.3 Å². The van der Waals surface area contributed by atoms with Gasteiger partial charge in [-0.2, -0.15) is 0 Å². The van der Waals surface area contributed by atoms with Gasteiger partial charge in [-0.05, 0) is 59.1 Å². The maximum absolute atomic E-state index is 12.4. The van der Waals surface area contributed by atoms with Gasteiger partial charge in [-0.15, -0.1) is 0 Å². The van der Waals surface area contributed by atoms with Crippen LogP contribution in [0.15, 0.2) is 47.3 Å². The summed E-state index contributed by atoms with van der Waals surface area (Å²) in [7, 11) is 0. The number of hydrogen-bond acceptors (Lipinski definition) is 4. The van der Waals surface area contributed by atoms with Crippen LogP contribution in [0.4, 0.5) is 5.82 Å². The monoisotopic (exact) mass is 374 g/mol. The lowest BCUT2D eigenvalue weighted by Gasteiger charge is -2.31. The highest BCUT2D eigenvalue weighted by Gasteiger charge is 2.26. The van der Waals surface area contributed by atoms with E-state index < -0.39 is 0 Å². The van der Waals surface area contributed by atoms with Crippen LogP contribution in [-0.2, 0) is 11.3 Å². The fraction of sp³-hybridized carbons (Fsp3) is 0.353. The van der Waals surface area contributed by atoms with Crippen molar-refractivity contribution >= 4 is 27.7 Å². The molecule has 1 N–H and O–H groups in total. The fourth-order valence-electron chi connectivity index (χ4n) is 2.84. The van der Waals surface area contributed by atoms with Crippen LogP contribution in [0, 0.1) is 5.92 Å². The maximum atomic E-state index is 12.4. The van der Waals surface area contributed by atoms with Crippen molar-refractivity contribution in [2.45, 2.75) is 19.4 Å². The molecule has 1 fully saturated rings. The number of rotatable bonds is 4. The molecule has 3 heterocycles. The van der Waals surface area contributed by atoms with E-state index in [1.54, 1.807) is 18.5 Å². The van der Waals surface area contributed by atoms with Gasteiger partial charge in [0.1, 0.15) is 5.82 Å². The van der Waals surface area contributed by atoms with Gasteiger partial charge in [0.15, 0.2) is 0 Å². The molecule has 0 radical (unpaired) electrons. The minimum atomic E-state index is 0.00543. The predicted octanol–water partition coefficient (Wildman–Crippen LogP) is 3.09. The standard InChI is InChI=1S/C17H19BrN4O/c18-15-5-6-16(20-10-15)21-17(23)14-4-2-8-22(12-14)11-13-3-1-7-19-9-13/h1,3,5-7,9-10,14H,2,4,8,11-12H2,(H,20,21,23)/t14-/m0/s1. The Morgan fingerprint density at radius 2 is 2.26 bits per heavy atom. The Morgan fingerprint density at radius 3 is 3.00 bits per heavy atom. The minimum Gasteiger partial charge on any atom is -0.310 e. The lowest BCUT2D eigenvalue weighted by molar-refractivity contribution is -0.121. The molecule has 6 heteroatoms. The van der Waals surface area contributed by atoms with E-state index in [1.165, 1.54) is 5.56 Å². The molecule has 0 aromatic carbocycles. The molecule has 1 aliphatic heterocycles. The van der Waals surface area contributed by atoms with Crippen LogP contribution in [-0.4, -0.2) is 33.9 Å². The summed E-state index contributed by atoms with van der Waals surface area (Å²) in [6.07, 6.45) is 7.31. The summed E-state index contributed by atoms with van der Waals surface area (Å²) in [5, 5.41) is 2.91. The smallest absolute Gasteiger partial charge is 0.229 e. The molecule has 1 saturated heterocycles. The zero-order chi connectivity index (χ0) is 16.1. The fourth-order valence-corrected chi connectivity index (χ4v) is 3.08. The minimum absolute atomic E-state index is 0.00543. The van der Waals surface area contributed by atoms with Gasteiger partial charge in [0, 0.05) is 36.2 Å². The first-order valence-corrected chi connectivity index (χ1v) is 8.54. The van der Waals surface area contributed by atoms with Crippen molar-refractivity contribution in [2.24, 2.45) is 5.92 Å².